The Balaban J connectivity index is 2.17. The fourth-order valence-electron chi connectivity index (χ4n) is 1.96. The summed E-state index contributed by atoms with van der Waals surface area (Å²) in [6, 6.07) is 14.6. The molecule has 0 spiro atoms. The highest BCUT2D eigenvalue weighted by atomic mass is 16.1. The molecule has 0 aliphatic carbocycles. The van der Waals surface area contributed by atoms with E-state index in [1.165, 1.54) is 6.08 Å². The van der Waals surface area contributed by atoms with Crippen LogP contribution in [0.15, 0.2) is 54.2 Å². The summed E-state index contributed by atoms with van der Waals surface area (Å²) in [5.74, 6) is -0.442. The van der Waals surface area contributed by atoms with Crippen LogP contribution in [0.4, 0.5) is 0 Å². The third kappa shape index (κ3) is 3.83. The molecule has 5 heteroatoms. The van der Waals surface area contributed by atoms with E-state index in [0.717, 1.165) is 5.56 Å². The fraction of sp³-hybridized carbons (Fsp3) is 0.118. The van der Waals surface area contributed by atoms with Gasteiger partial charge in [0.05, 0.1) is 6.04 Å². The molecule has 4 nitrogen and oxygen atoms in total. The average molecular weight is 287 g/mol. The van der Waals surface area contributed by atoms with E-state index in [1.54, 1.807) is 18.3 Å². The van der Waals surface area contributed by atoms with Crippen LogP contribution in [-0.2, 0) is 4.79 Å². The van der Waals surface area contributed by atoms with Crippen molar-refractivity contribution in [3.8, 4) is 6.07 Å². The lowest BCUT2D eigenvalue weighted by atomic mass is 9.96. The number of carbonyl (C=O) groups excluding carboxylic acids is 1. The highest BCUT2D eigenvalue weighted by molar-refractivity contribution is 6.32. The Morgan fingerprint density at radius 1 is 1.32 bits per heavy atom. The van der Waals surface area contributed by atoms with Crippen molar-refractivity contribution in [2.75, 3.05) is 0 Å². The SMILES string of the molecule is [B]c1ncccc1/C=C(\C#N)C(=O)N[C@@H](C)c1ccccc1. The molecule has 22 heavy (non-hydrogen) atoms. The Bertz CT molecular complexity index is 735. The standard InChI is InChI=1S/C17H14BN3O/c1-12(13-6-3-2-4-7-13)21-17(22)15(11-19)10-14-8-5-9-20-16(14)18/h2-10,12H,1H3,(H,21,22)/b15-10+/t12-/m0/s1. The van der Waals surface area contributed by atoms with Crippen molar-refractivity contribution >= 4 is 25.4 Å². The number of nitrogens with zero attached hydrogens (tertiary/aromatic N) is 2. The molecule has 0 saturated heterocycles. The van der Waals surface area contributed by atoms with E-state index in [-0.39, 0.29) is 17.2 Å². The largest absolute Gasteiger partial charge is 0.345 e. The summed E-state index contributed by atoms with van der Waals surface area (Å²) < 4.78 is 0. The first-order chi connectivity index (χ1) is 10.6. The van der Waals surface area contributed by atoms with E-state index in [0.29, 0.717) is 5.56 Å². The monoisotopic (exact) mass is 287 g/mol. The van der Waals surface area contributed by atoms with E-state index < -0.39 is 5.91 Å². The molecule has 0 fully saturated rings. The summed E-state index contributed by atoms with van der Waals surface area (Å²) in [6.07, 6.45) is 2.99. The zero-order valence-electron chi connectivity index (χ0n) is 12.2. The van der Waals surface area contributed by atoms with Gasteiger partial charge in [-0.3, -0.25) is 9.78 Å². The van der Waals surface area contributed by atoms with Crippen molar-refractivity contribution in [3.63, 3.8) is 0 Å². The lowest BCUT2D eigenvalue weighted by Gasteiger charge is -2.13. The molecule has 1 N–H and O–H groups in total. The first-order valence-electron chi connectivity index (χ1n) is 6.80. The highest BCUT2D eigenvalue weighted by Gasteiger charge is 2.13. The minimum Gasteiger partial charge on any atom is -0.345 e. The van der Waals surface area contributed by atoms with Gasteiger partial charge in [0.2, 0.25) is 0 Å². The van der Waals surface area contributed by atoms with Crippen LogP contribution in [0.3, 0.4) is 0 Å². The maximum atomic E-state index is 12.2. The number of aromatic nitrogens is 1. The van der Waals surface area contributed by atoms with Gasteiger partial charge in [-0.05, 0) is 35.8 Å². The molecule has 1 aromatic heterocycles. The van der Waals surface area contributed by atoms with Crippen LogP contribution in [0.25, 0.3) is 6.08 Å². The first kappa shape index (κ1) is 15.5. The predicted octanol–water partition coefficient (Wildman–Crippen LogP) is 1.66. The average Bonchev–Trinajstić information content (AvgIpc) is 2.54. The van der Waals surface area contributed by atoms with Gasteiger partial charge >= 0.3 is 0 Å². The van der Waals surface area contributed by atoms with Crippen LogP contribution >= 0.6 is 0 Å². The molecule has 0 unspecified atom stereocenters. The molecule has 0 saturated carbocycles. The topological polar surface area (TPSA) is 65.8 Å². The van der Waals surface area contributed by atoms with Crippen molar-refractivity contribution in [1.82, 2.24) is 10.3 Å². The predicted molar refractivity (Wildman–Crippen MR) is 86.2 cm³/mol. The molecule has 1 atom stereocenters. The molecule has 1 amide bonds. The van der Waals surface area contributed by atoms with Crippen LogP contribution in [0, 0.1) is 11.3 Å². The second-order valence-corrected chi connectivity index (χ2v) is 4.75. The molecule has 0 aliphatic rings. The summed E-state index contributed by atoms with van der Waals surface area (Å²) in [5.41, 5.74) is 1.78. The van der Waals surface area contributed by atoms with Crippen molar-refractivity contribution in [3.05, 3.63) is 65.4 Å². The van der Waals surface area contributed by atoms with E-state index >= 15 is 0 Å². The Morgan fingerprint density at radius 3 is 2.68 bits per heavy atom. The minimum atomic E-state index is -0.442. The van der Waals surface area contributed by atoms with Gasteiger partial charge in [-0.25, -0.2) is 0 Å². The molecular formula is C17H14BN3O. The maximum Gasteiger partial charge on any atom is 0.262 e. The van der Waals surface area contributed by atoms with Gasteiger partial charge in [0.15, 0.2) is 0 Å². The van der Waals surface area contributed by atoms with Crippen LogP contribution in [0.5, 0.6) is 0 Å². The number of nitrogens with one attached hydrogen (secondary N) is 1. The molecule has 2 rings (SSSR count). The number of nitriles is 1. The molecule has 1 heterocycles. The van der Waals surface area contributed by atoms with Crippen molar-refractivity contribution in [1.29, 1.82) is 5.26 Å². The second kappa shape index (κ2) is 7.23. The summed E-state index contributed by atoms with van der Waals surface area (Å²) >= 11 is 0. The zero-order chi connectivity index (χ0) is 15.9. The summed E-state index contributed by atoms with van der Waals surface area (Å²) in [5, 5.41) is 12.0. The van der Waals surface area contributed by atoms with Crippen LogP contribution in [0.2, 0.25) is 0 Å². The molecular weight excluding hydrogens is 273 g/mol. The Labute approximate surface area is 130 Å². The van der Waals surface area contributed by atoms with Crippen LogP contribution < -0.4 is 10.9 Å². The third-order valence-corrected chi connectivity index (χ3v) is 3.18. The first-order valence-corrected chi connectivity index (χ1v) is 6.80. The molecule has 2 aromatic rings. The number of hydrogen-bond acceptors (Lipinski definition) is 3. The van der Waals surface area contributed by atoms with E-state index in [4.69, 9.17) is 7.85 Å². The molecule has 106 valence electrons. The maximum absolute atomic E-state index is 12.2. The van der Waals surface area contributed by atoms with Crippen LogP contribution in [-0.4, -0.2) is 18.7 Å². The smallest absolute Gasteiger partial charge is 0.262 e. The fourth-order valence-corrected chi connectivity index (χ4v) is 1.96. The molecule has 0 aliphatic heterocycles. The van der Waals surface area contributed by atoms with Gasteiger partial charge < -0.3 is 5.32 Å². The minimum absolute atomic E-state index is 0.0116. The van der Waals surface area contributed by atoms with Gasteiger partial charge in [0.1, 0.15) is 19.5 Å². The van der Waals surface area contributed by atoms with Crippen molar-refractivity contribution in [2.45, 2.75) is 13.0 Å². The Hall–Kier alpha value is -2.87. The number of carbonyl (C=O) groups is 1. The summed E-state index contributed by atoms with van der Waals surface area (Å²) in [4.78, 5) is 16.1. The van der Waals surface area contributed by atoms with Gasteiger partial charge in [-0.1, -0.05) is 36.4 Å². The lowest BCUT2D eigenvalue weighted by Crippen LogP contribution is -2.27. The number of amides is 1. The lowest BCUT2D eigenvalue weighted by molar-refractivity contribution is -0.117. The van der Waals surface area contributed by atoms with E-state index in [2.05, 4.69) is 10.3 Å². The van der Waals surface area contributed by atoms with Crippen molar-refractivity contribution in [2.24, 2.45) is 0 Å². The van der Waals surface area contributed by atoms with E-state index in [1.807, 2.05) is 43.3 Å². The van der Waals surface area contributed by atoms with Gasteiger partial charge in [0.25, 0.3) is 5.91 Å². The highest BCUT2D eigenvalue weighted by Crippen LogP contribution is 2.12. The number of hydrogen-bond donors (Lipinski definition) is 1. The normalized spacial score (nSPS) is 12.3. The Kier molecular flexibility index (Phi) is 5.10. The molecule has 0 bridgehead atoms. The summed E-state index contributed by atoms with van der Waals surface area (Å²) in [6.45, 7) is 1.86. The zero-order valence-corrected chi connectivity index (χ0v) is 12.2. The Morgan fingerprint density at radius 2 is 2.05 bits per heavy atom. The van der Waals surface area contributed by atoms with Gasteiger partial charge in [-0.15, -0.1) is 0 Å². The molecule has 2 radical (unpaired) electrons. The number of benzene rings is 1. The number of rotatable bonds is 4. The van der Waals surface area contributed by atoms with E-state index in [9.17, 15) is 10.1 Å². The number of pyridine rings is 1. The van der Waals surface area contributed by atoms with Crippen molar-refractivity contribution < 1.29 is 4.79 Å². The third-order valence-electron chi connectivity index (χ3n) is 3.18. The van der Waals surface area contributed by atoms with Gasteiger partial charge in [0, 0.05) is 6.20 Å². The summed E-state index contributed by atoms with van der Waals surface area (Å²) in [7, 11) is 5.72. The second-order valence-electron chi connectivity index (χ2n) is 4.75. The van der Waals surface area contributed by atoms with Crippen LogP contribution in [0.1, 0.15) is 24.1 Å². The quantitative estimate of drug-likeness (QED) is 0.528. The van der Waals surface area contributed by atoms with Gasteiger partial charge in [-0.2, -0.15) is 5.26 Å². The molecule has 1 aromatic carbocycles.